The normalized spacial score (nSPS) is 18.8. The molecule has 1 aromatic carbocycles. The van der Waals surface area contributed by atoms with Gasteiger partial charge in [0.15, 0.2) is 5.78 Å². The van der Waals surface area contributed by atoms with E-state index in [4.69, 9.17) is 0 Å². The fourth-order valence-electron chi connectivity index (χ4n) is 2.18. The van der Waals surface area contributed by atoms with E-state index in [2.05, 4.69) is 18.2 Å². The molecule has 16 heavy (non-hydrogen) atoms. The first-order valence-corrected chi connectivity index (χ1v) is 6.29. The van der Waals surface area contributed by atoms with E-state index in [-0.39, 0.29) is 5.92 Å². The van der Waals surface area contributed by atoms with Crippen LogP contribution in [0, 0.1) is 5.92 Å². The highest BCUT2D eigenvalue weighted by molar-refractivity contribution is 7.17. The summed E-state index contributed by atoms with van der Waals surface area (Å²) in [6.45, 7) is 2.01. The van der Waals surface area contributed by atoms with Gasteiger partial charge in [-0.15, -0.1) is 11.3 Å². The van der Waals surface area contributed by atoms with Crippen molar-refractivity contribution in [3.8, 4) is 10.4 Å². The van der Waals surface area contributed by atoms with Crippen LogP contribution < -0.4 is 0 Å². The minimum Gasteiger partial charge on any atom is -0.293 e. The summed E-state index contributed by atoms with van der Waals surface area (Å²) in [4.78, 5) is 14.0. The minimum absolute atomic E-state index is 0.186. The van der Waals surface area contributed by atoms with Crippen molar-refractivity contribution in [2.45, 2.75) is 13.3 Å². The number of fused-ring (bicyclic) bond motifs is 1. The molecule has 1 nitrogen and oxygen atoms in total. The maximum absolute atomic E-state index is 11.9. The summed E-state index contributed by atoms with van der Waals surface area (Å²) in [5.74, 6) is 0.508. The summed E-state index contributed by atoms with van der Waals surface area (Å²) in [5.41, 5.74) is 2.45. The van der Waals surface area contributed by atoms with E-state index in [1.54, 1.807) is 11.3 Å². The number of Topliss-reactive ketones (excluding diaryl/α,β-unsaturated/α-hetero) is 1. The van der Waals surface area contributed by atoms with Crippen molar-refractivity contribution >= 4 is 17.1 Å². The van der Waals surface area contributed by atoms with Gasteiger partial charge in [0, 0.05) is 10.8 Å². The van der Waals surface area contributed by atoms with Crippen molar-refractivity contribution in [1.82, 2.24) is 0 Å². The molecule has 1 heterocycles. The van der Waals surface area contributed by atoms with Crippen molar-refractivity contribution in [3.05, 3.63) is 46.8 Å². The zero-order chi connectivity index (χ0) is 11.1. The summed E-state index contributed by atoms with van der Waals surface area (Å²) in [6, 6.07) is 12.4. The topological polar surface area (TPSA) is 17.1 Å². The maximum atomic E-state index is 11.9. The molecule has 0 N–H and O–H groups in total. The van der Waals surface area contributed by atoms with E-state index in [0.29, 0.717) is 5.78 Å². The number of thiophene rings is 1. The standard InChI is InChI=1S/C14H12OS/c1-9-7-11-8-12(16-14(11)13(9)15)10-5-3-2-4-6-10/h2-6,8-9H,7H2,1H3. The van der Waals surface area contributed by atoms with Crippen molar-refractivity contribution in [2.24, 2.45) is 5.92 Å². The van der Waals surface area contributed by atoms with Crippen LogP contribution >= 0.6 is 11.3 Å². The number of carbonyl (C=O) groups is 1. The van der Waals surface area contributed by atoms with Crippen LogP contribution in [0.4, 0.5) is 0 Å². The highest BCUT2D eigenvalue weighted by Gasteiger charge is 2.29. The van der Waals surface area contributed by atoms with Gasteiger partial charge in [0.2, 0.25) is 0 Å². The molecule has 0 radical (unpaired) electrons. The SMILES string of the molecule is CC1Cc2cc(-c3ccccc3)sc2C1=O. The second-order valence-corrected chi connectivity index (χ2v) is 5.35. The summed E-state index contributed by atoms with van der Waals surface area (Å²) in [5, 5.41) is 0. The summed E-state index contributed by atoms with van der Waals surface area (Å²) < 4.78 is 0. The monoisotopic (exact) mass is 228 g/mol. The molecule has 0 fully saturated rings. The predicted octanol–water partition coefficient (Wildman–Crippen LogP) is 3.79. The lowest BCUT2D eigenvalue weighted by atomic mass is 10.1. The van der Waals surface area contributed by atoms with Gasteiger partial charge in [0.1, 0.15) is 0 Å². The molecular weight excluding hydrogens is 216 g/mol. The quantitative estimate of drug-likeness (QED) is 0.725. The van der Waals surface area contributed by atoms with Gasteiger partial charge in [-0.05, 0) is 23.6 Å². The van der Waals surface area contributed by atoms with Crippen molar-refractivity contribution in [1.29, 1.82) is 0 Å². The molecule has 1 aliphatic rings. The zero-order valence-electron chi connectivity index (χ0n) is 9.07. The Kier molecular flexibility index (Phi) is 2.18. The lowest BCUT2D eigenvalue weighted by molar-refractivity contribution is 0.0949. The van der Waals surface area contributed by atoms with E-state index in [1.165, 1.54) is 16.0 Å². The zero-order valence-corrected chi connectivity index (χ0v) is 9.88. The number of hydrogen-bond acceptors (Lipinski definition) is 2. The average molecular weight is 228 g/mol. The third-order valence-electron chi connectivity index (χ3n) is 3.06. The Morgan fingerprint density at radius 1 is 1.25 bits per heavy atom. The molecule has 2 heteroatoms. The van der Waals surface area contributed by atoms with Crippen LogP contribution in [-0.4, -0.2) is 5.78 Å². The third kappa shape index (κ3) is 1.41. The van der Waals surface area contributed by atoms with Gasteiger partial charge in [-0.1, -0.05) is 37.3 Å². The van der Waals surface area contributed by atoms with Crippen LogP contribution in [0.2, 0.25) is 0 Å². The molecule has 1 atom stereocenters. The van der Waals surface area contributed by atoms with E-state index < -0.39 is 0 Å². The van der Waals surface area contributed by atoms with Gasteiger partial charge >= 0.3 is 0 Å². The molecule has 0 amide bonds. The van der Waals surface area contributed by atoms with Gasteiger partial charge < -0.3 is 0 Å². The van der Waals surface area contributed by atoms with E-state index in [1.807, 2.05) is 25.1 Å². The molecule has 3 rings (SSSR count). The number of hydrogen-bond donors (Lipinski definition) is 0. The third-order valence-corrected chi connectivity index (χ3v) is 4.31. The lowest BCUT2D eigenvalue weighted by Crippen LogP contribution is -2.02. The van der Waals surface area contributed by atoms with Gasteiger partial charge in [-0.25, -0.2) is 0 Å². The molecule has 1 aliphatic carbocycles. The second-order valence-electron chi connectivity index (χ2n) is 4.30. The first-order valence-electron chi connectivity index (χ1n) is 5.48. The molecular formula is C14H12OS. The minimum atomic E-state index is 0.186. The lowest BCUT2D eigenvalue weighted by Gasteiger charge is -1.98. The van der Waals surface area contributed by atoms with Gasteiger partial charge in [0.05, 0.1) is 4.88 Å². The highest BCUT2D eigenvalue weighted by Crippen LogP contribution is 2.38. The van der Waals surface area contributed by atoms with Crippen molar-refractivity contribution in [3.63, 3.8) is 0 Å². The molecule has 1 aromatic heterocycles. The van der Waals surface area contributed by atoms with Crippen LogP contribution in [0.15, 0.2) is 36.4 Å². The van der Waals surface area contributed by atoms with Gasteiger partial charge in [0.25, 0.3) is 0 Å². The fourth-order valence-corrected chi connectivity index (χ4v) is 3.43. The van der Waals surface area contributed by atoms with Crippen LogP contribution in [0.3, 0.4) is 0 Å². The van der Waals surface area contributed by atoms with Gasteiger partial charge in [-0.2, -0.15) is 0 Å². The number of ketones is 1. The molecule has 0 spiro atoms. The first-order chi connectivity index (χ1) is 7.75. The molecule has 80 valence electrons. The second kappa shape index (κ2) is 3.56. The molecule has 0 bridgehead atoms. The van der Waals surface area contributed by atoms with Crippen molar-refractivity contribution < 1.29 is 4.79 Å². The fraction of sp³-hybridized carbons (Fsp3) is 0.214. The first kappa shape index (κ1) is 9.79. The molecule has 1 unspecified atom stereocenters. The highest BCUT2D eigenvalue weighted by atomic mass is 32.1. The largest absolute Gasteiger partial charge is 0.293 e. The van der Waals surface area contributed by atoms with Crippen LogP contribution in [-0.2, 0) is 6.42 Å². The average Bonchev–Trinajstić information content (AvgIpc) is 2.82. The number of carbonyl (C=O) groups excluding carboxylic acids is 1. The Morgan fingerprint density at radius 3 is 2.69 bits per heavy atom. The smallest absolute Gasteiger partial charge is 0.176 e. The van der Waals surface area contributed by atoms with E-state index in [0.717, 1.165) is 11.3 Å². The Bertz CT molecular complexity index is 539. The van der Waals surface area contributed by atoms with Crippen LogP contribution in [0.1, 0.15) is 22.2 Å². The van der Waals surface area contributed by atoms with E-state index in [9.17, 15) is 4.79 Å². The molecule has 0 aliphatic heterocycles. The summed E-state index contributed by atoms with van der Waals surface area (Å²) in [7, 11) is 0. The van der Waals surface area contributed by atoms with E-state index >= 15 is 0 Å². The molecule has 0 saturated heterocycles. The summed E-state index contributed by atoms with van der Waals surface area (Å²) >= 11 is 1.64. The Morgan fingerprint density at radius 2 is 2.00 bits per heavy atom. The van der Waals surface area contributed by atoms with Crippen LogP contribution in [0.5, 0.6) is 0 Å². The number of rotatable bonds is 1. The number of benzene rings is 1. The van der Waals surface area contributed by atoms with Crippen molar-refractivity contribution in [2.75, 3.05) is 0 Å². The predicted molar refractivity (Wildman–Crippen MR) is 67.0 cm³/mol. The Hall–Kier alpha value is -1.41. The molecule has 0 saturated carbocycles. The Labute approximate surface area is 98.7 Å². The van der Waals surface area contributed by atoms with Crippen LogP contribution in [0.25, 0.3) is 10.4 Å². The summed E-state index contributed by atoms with van der Waals surface area (Å²) in [6.07, 6.45) is 0.914. The maximum Gasteiger partial charge on any atom is 0.176 e. The molecule has 2 aromatic rings. The Balaban J connectivity index is 2.06. The van der Waals surface area contributed by atoms with Gasteiger partial charge in [-0.3, -0.25) is 4.79 Å².